The predicted octanol–water partition coefficient (Wildman–Crippen LogP) is 1.04. The fourth-order valence-corrected chi connectivity index (χ4v) is 3.46. The van der Waals surface area contributed by atoms with Crippen LogP contribution < -0.4 is 15.1 Å². The molecular formula is C13H20N4S. The van der Waals surface area contributed by atoms with E-state index in [4.69, 9.17) is 0 Å². The van der Waals surface area contributed by atoms with Crippen molar-refractivity contribution in [1.29, 1.82) is 0 Å². The van der Waals surface area contributed by atoms with Gasteiger partial charge in [0.15, 0.2) is 5.82 Å². The Hall–Kier alpha value is -0.940. The van der Waals surface area contributed by atoms with Gasteiger partial charge in [0, 0.05) is 57.0 Å². The van der Waals surface area contributed by atoms with Gasteiger partial charge >= 0.3 is 0 Å². The lowest BCUT2D eigenvalue weighted by Crippen LogP contribution is -2.45. The van der Waals surface area contributed by atoms with Crippen molar-refractivity contribution in [2.24, 2.45) is 0 Å². The van der Waals surface area contributed by atoms with Crippen molar-refractivity contribution in [3.63, 3.8) is 0 Å². The summed E-state index contributed by atoms with van der Waals surface area (Å²) in [5.74, 6) is 3.64. The molecule has 2 aliphatic rings. The lowest BCUT2D eigenvalue weighted by molar-refractivity contribution is 0.584. The predicted molar refractivity (Wildman–Crippen MR) is 78.9 cm³/mol. The molecule has 3 heterocycles. The van der Waals surface area contributed by atoms with Gasteiger partial charge in [0.1, 0.15) is 0 Å². The van der Waals surface area contributed by atoms with Crippen LogP contribution >= 0.6 is 11.8 Å². The Morgan fingerprint density at radius 3 is 2.61 bits per heavy atom. The number of nitrogens with one attached hydrogen (secondary N) is 1. The second-order valence-corrected chi connectivity index (χ2v) is 5.91. The van der Waals surface area contributed by atoms with E-state index >= 15 is 0 Å². The van der Waals surface area contributed by atoms with Gasteiger partial charge in [-0.1, -0.05) is 0 Å². The molecule has 0 unspecified atom stereocenters. The van der Waals surface area contributed by atoms with Crippen LogP contribution in [0.4, 0.5) is 11.5 Å². The molecule has 0 saturated carbocycles. The molecule has 0 aliphatic carbocycles. The Morgan fingerprint density at radius 1 is 1.06 bits per heavy atom. The van der Waals surface area contributed by atoms with E-state index < -0.39 is 0 Å². The average Bonchev–Trinajstić information content (AvgIpc) is 2.49. The molecule has 98 valence electrons. The van der Waals surface area contributed by atoms with Crippen molar-refractivity contribution in [3.05, 3.63) is 18.3 Å². The van der Waals surface area contributed by atoms with E-state index in [1.54, 1.807) is 0 Å². The largest absolute Gasteiger partial charge is 0.367 e. The van der Waals surface area contributed by atoms with E-state index in [9.17, 15) is 0 Å². The highest BCUT2D eigenvalue weighted by Gasteiger charge is 2.20. The third kappa shape index (κ3) is 2.57. The van der Waals surface area contributed by atoms with E-state index in [1.807, 2.05) is 18.0 Å². The SMILES string of the molecule is c1cnc(N2CCNCC2)c(N2CCSCC2)c1. The van der Waals surface area contributed by atoms with Crippen molar-refractivity contribution >= 4 is 23.3 Å². The first-order valence-electron chi connectivity index (χ1n) is 6.68. The molecule has 0 aromatic carbocycles. The highest BCUT2D eigenvalue weighted by atomic mass is 32.2. The average molecular weight is 264 g/mol. The van der Waals surface area contributed by atoms with Gasteiger partial charge in [-0.15, -0.1) is 0 Å². The van der Waals surface area contributed by atoms with E-state index in [0.29, 0.717) is 0 Å². The monoisotopic (exact) mass is 264 g/mol. The normalized spacial score (nSPS) is 21.1. The number of thioether (sulfide) groups is 1. The maximum absolute atomic E-state index is 4.63. The Kier molecular flexibility index (Phi) is 3.90. The van der Waals surface area contributed by atoms with Crippen molar-refractivity contribution < 1.29 is 0 Å². The molecule has 18 heavy (non-hydrogen) atoms. The van der Waals surface area contributed by atoms with Gasteiger partial charge in [0.2, 0.25) is 0 Å². The topological polar surface area (TPSA) is 31.4 Å². The van der Waals surface area contributed by atoms with Gasteiger partial charge < -0.3 is 15.1 Å². The molecule has 3 rings (SSSR count). The Balaban J connectivity index is 1.83. The van der Waals surface area contributed by atoms with Crippen LogP contribution in [-0.4, -0.2) is 55.8 Å². The fraction of sp³-hybridized carbons (Fsp3) is 0.615. The molecule has 1 aromatic heterocycles. The van der Waals surface area contributed by atoms with Gasteiger partial charge in [0.25, 0.3) is 0 Å². The van der Waals surface area contributed by atoms with Gasteiger partial charge in [0.05, 0.1) is 5.69 Å². The highest BCUT2D eigenvalue weighted by Crippen LogP contribution is 2.28. The first-order valence-corrected chi connectivity index (χ1v) is 7.84. The second kappa shape index (κ2) is 5.80. The summed E-state index contributed by atoms with van der Waals surface area (Å²) in [6.45, 7) is 6.54. The lowest BCUT2D eigenvalue weighted by atomic mass is 10.2. The maximum Gasteiger partial charge on any atom is 0.152 e. The molecule has 0 bridgehead atoms. The van der Waals surface area contributed by atoms with Crippen LogP contribution in [0.25, 0.3) is 0 Å². The number of aromatic nitrogens is 1. The van der Waals surface area contributed by atoms with Crippen molar-refractivity contribution in [1.82, 2.24) is 10.3 Å². The van der Waals surface area contributed by atoms with Crippen molar-refractivity contribution in [3.8, 4) is 0 Å². The van der Waals surface area contributed by atoms with Crippen LogP contribution in [0.1, 0.15) is 0 Å². The van der Waals surface area contributed by atoms with Crippen molar-refractivity contribution in [2.75, 3.05) is 60.6 Å². The molecule has 1 N–H and O–H groups in total. The van der Waals surface area contributed by atoms with Crippen LogP contribution in [0, 0.1) is 0 Å². The van der Waals surface area contributed by atoms with E-state index in [0.717, 1.165) is 39.3 Å². The summed E-state index contributed by atoms with van der Waals surface area (Å²) in [5, 5.41) is 3.40. The Bertz CT molecular complexity index is 349. The molecule has 2 fully saturated rings. The highest BCUT2D eigenvalue weighted by molar-refractivity contribution is 7.99. The van der Waals surface area contributed by atoms with E-state index in [1.165, 1.54) is 23.0 Å². The summed E-state index contributed by atoms with van der Waals surface area (Å²) < 4.78 is 0. The number of hydrogen-bond acceptors (Lipinski definition) is 5. The summed E-state index contributed by atoms with van der Waals surface area (Å²) in [6, 6.07) is 4.28. The molecule has 0 radical (unpaired) electrons. The Morgan fingerprint density at radius 2 is 1.83 bits per heavy atom. The standard InChI is InChI=1S/C13H20N4S/c1-2-12(16-8-10-18-11-9-16)13(15-3-1)17-6-4-14-5-7-17/h1-3,14H,4-11H2. The van der Waals surface area contributed by atoms with Crippen LogP contribution in [0.3, 0.4) is 0 Å². The quantitative estimate of drug-likeness (QED) is 0.863. The van der Waals surface area contributed by atoms with E-state index in [-0.39, 0.29) is 0 Å². The minimum absolute atomic E-state index is 1.06. The first kappa shape index (κ1) is 12.1. The van der Waals surface area contributed by atoms with E-state index in [2.05, 4.69) is 32.2 Å². The maximum atomic E-state index is 4.63. The second-order valence-electron chi connectivity index (χ2n) is 4.68. The minimum atomic E-state index is 1.06. The zero-order valence-electron chi connectivity index (χ0n) is 10.6. The number of anilines is 2. The zero-order chi connectivity index (χ0) is 12.2. The lowest BCUT2D eigenvalue weighted by Gasteiger charge is -2.35. The molecule has 4 nitrogen and oxygen atoms in total. The molecule has 2 saturated heterocycles. The number of rotatable bonds is 2. The van der Waals surface area contributed by atoms with Gasteiger partial charge in [-0.25, -0.2) is 4.98 Å². The summed E-state index contributed by atoms with van der Waals surface area (Å²) >= 11 is 2.05. The summed E-state index contributed by atoms with van der Waals surface area (Å²) in [5.41, 5.74) is 1.32. The third-order valence-corrected chi connectivity index (χ3v) is 4.48. The number of pyridine rings is 1. The first-order chi connectivity index (χ1) is 8.95. The van der Waals surface area contributed by atoms with Crippen molar-refractivity contribution in [2.45, 2.75) is 0 Å². The van der Waals surface area contributed by atoms with Crippen LogP contribution in [0.15, 0.2) is 18.3 Å². The summed E-state index contributed by atoms with van der Waals surface area (Å²) in [7, 11) is 0. The van der Waals surface area contributed by atoms with Crippen LogP contribution in [-0.2, 0) is 0 Å². The van der Waals surface area contributed by atoms with Crippen LogP contribution in [0.5, 0.6) is 0 Å². The summed E-state index contributed by atoms with van der Waals surface area (Å²) in [4.78, 5) is 9.52. The van der Waals surface area contributed by atoms with Gasteiger partial charge in [-0.2, -0.15) is 11.8 Å². The van der Waals surface area contributed by atoms with Gasteiger partial charge in [-0.05, 0) is 12.1 Å². The molecule has 0 atom stereocenters. The molecule has 0 spiro atoms. The third-order valence-electron chi connectivity index (χ3n) is 3.53. The zero-order valence-corrected chi connectivity index (χ0v) is 11.5. The molecule has 5 heteroatoms. The van der Waals surface area contributed by atoms with Crippen LogP contribution in [0.2, 0.25) is 0 Å². The number of nitrogens with zero attached hydrogens (tertiary/aromatic N) is 3. The number of hydrogen-bond donors (Lipinski definition) is 1. The molecule has 2 aliphatic heterocycles. The Labute approximate surface area is 113 Å². The molecular weight excluding hydrogens is 244 g/mol. The summed E-state index contributed by atoms with van der Waals surface area (Å²) in [6.07, 6.45) is 1.92. The number of piperazine rings is 1. The smallest absolute Gasteiger partial charge is 0.152 e. The molecule has 1 aromatic rings. The van der Waals surface area contributed by atoms with Gasteiger partial charge in [-0.3, -0.25) is 0 Å². The fourth-order valence-electron chi connectivity index (χ4n) is 2.56. The molecule has 0 amide bonds. The minimum Gasteiger partial charge on any atom is -0.367 e.